The van der Waals surface area contributed by atoms with Gasteiger partial charge in [0.25, 0.3) is 5.79 Å². The molecule has 3 aliphatic rings. The lowest BCUT2D eigenvalue weighted by Crippen LogP contribution is -2.56. The molecule has 0 spiro atoms. The van der Waals surface area contributed by atoms with Crippen molar-refractivity contribution in [3.63, 3.8) is 0 Å². The molecule has 5 heteroatoms. The van der Waals surface area contributed by atoms with Gasteiger partial charge in [-0.2, -0.15) is 0 Å². The van der Waals surface area contributed by atoms with Gasteiger partial charge in [-0.15, -0.1) is 0 Å². The van der Waals surface area contributed by atoms with E-state index in [9.17, 15) is 9.59 Å². The van der Waals surface area contributed by atoms with E-state index in [0.29, 0.717) is 29.2 Å². The largest absolute Gasteiger partial charge is 0.450 e. The van der Waals surface area contributed by atoms with Gasteiger partial charge in [-0.3, -0.25) is 4.79 Å². The summed E-state index contributed by atoms with van der Waals surface area (Å²) in [5.41, 5.74) is 3.50. The highest BCUT2D eigenvalue weighted by Crippen LogP contribution is 2.58. The van der Waals surface area contributed by atoms with Crippen LogP contribution in [0.5, 0.6) is 5.75 Å². The van der Waals surface area contributed by atoms with Crippen LogP contribution < -0.4 is 10.4 Å². The molecule has 2 aliphatic heterocycles. The quantitative estimate of drug-likeness (QED) is 0.513. The number of benzene rings is 1. The van der Waals surface area contributed by atoms with Crippen LogP contribution in [0.1, 0.15) is 64.2 Å². The fraction of sp³-hybridized carbons (Fsp3) is 0.520. The lowest BCUT2D eigenvalue weighted by molar-refractivity contribution is -0.223. The molecule has 5 nitrogen and oxygen atoms in total. The molecule has 1 unspecified atom stereocenters. The Bertz CT molecular complexity index is 1150. The topological polar surface area (TPSA) is 65.7 Å². The molecular formula is C25H28O5. The van der Waals surface area contributed by atoms with E-state index < -0.39 is 17.5 Å². The highest BCUT2D eigenvalue weighted by atomic mass is 16.7. The van der Waals surface area contributed by atoms with E-state index in [1.54, 1.807) is 6.07 Å². The van der Waals surface area contributed by atoms with Gasteiger partial charge in [-0.1, -0.05) is 38.5 Å². The van der Waals surface area contributed by atoms with Crippen molar-refractivity contribution in [1.82, 2.24) is 0 Å². The predicted molar refractivity (Wildman–Crippen MR) is 113 cm³/mol. The zero-order chi connectivity index (χ0) is 21.4. The van der Waals surface area contributed by atoms with Crippen LogP contribution in [-0.4, -0.2) is 11.6 Å². The van der Waals surface area contributed by atoms with Crippen molar-refractivity contribution in [2.24, 2.45) is 17.8 Å². The number of rotatable bonds is 3. The van der Waals surface area contributed by atoms with Crippen LogP contribution in [0.25, 0.3) is 11.0 Å². The van der Waals surface area contributed by atoms with Gasteiger partial charge in [0.1, 0.15) is 23.0 Å². The number of fused-ring (bicyclic) bond motifs is 8. The minimum atomic E-state index is -1.46. The lowest BCUT2D eigenvalue weighted by atomic mass is 9.77. The van der Waals surface area contributed by atoms with Crippen LogP contribution in [0.2, 0.25) is 0 Å². The molecule has 1 fully saturated rings. The lowest BCUT2D eigenvalue weighted by Gasteiger charge is -2.48. The van der Waals surface area contributed by atoms with Crippen LogP contribution in [-0.2, 0) is 9.53 Å². The van der Waals surface area contributed by atoms with Gasteiger partial charge in [0.05, 0.1) is 5.39 Å². The zero-order valence-corrected chi connectivity index (χ0v) is 18.2. The maximum Gasteiger partial charge on any atom is 0.345 e. The Morgan fingerprint density at radius 2 is 2.03 bits per heavy atom. The Morgan fingerprint density at radius 3 is 2.77 bits per heavy atom. The number of aryl methyl sites for hydroxylation is 1. The van der Waals surface area contributed by atoms with E-state index in [4.69, 9.17) is 13.9 Å². The summed E-state index contributed by atoms with van der Waals surface area (Å²) in [4.78, 5) is 26.6. The summed E-state index contributed by atoms with van der Waals surface area (Å²) in [5.74, 6) is -0.471. The molecule has 2 bridgehead atoms. The molecule has 3 heterocycles. The summed E-state index contributed by atoms with van der Waals surface area (Å²) in [6, 6.07) is 5.59. The Morgan fingerprint density at radius 1 is 1.27 bits per heavy atom. The summed E-state index contributed by atoms with van der Waals surface area (Å²) in [6.07, 6.45) is 1.75. The number of hydrogen-bond donors (Lipinski definition) is 0. The molecule has 1 saturated carbocycles. The first-order chi connectivity index (χ1) is 14.2. The second-order valence-corrected chi connectivity index (χ2v) is 9.55. The summed E-state index contributed by atoms with van der Waals surface area (Å²) < 4.78 is 18.7. The highest BCUT2D eigenvalue weighted by molar-refractivity contribution is 5.93. The molecular weight excluding hydrogens is 380 g/mol. The van der Waals surface area contributed by atoms with Crippen LogP contribution >= 0.6 is 0 Å². The van der Waals surface area contributed by atoms with Crippen LogP contribution in [0, 0.1) is 24.7 Å². The molecule has 0 N–H and O–H groups in total. The minimum absolute atomic E-state index is 0.0667. The SMILES string of the molecule is CC1=C2CC[C@H](C)[C@H]2[C@H]2OC1(C(=O)CC(C)C)Oc1c2c(=O)oc2cccc(C)c12. The fourth-order valence-electron chi connectivity index (χ4n) is 5.61. The van der Waals surface area contributed by atoms with Crippen molar-refractivity contribution in [3.05, 3.63) is 50.9 Å². The summed E-state index contributed by atoms with van der Waals surface area (Å²) in [5, 5.41) is 0.754. The average molecular weight is 408 g/mol. The van der Waals surface area contributed by atoms with Crippen molar-refractivity contribution >= 4 is 16.8 Å². The van der Waals surface area contributed by atoms with Gasteiger partial charge in [0.15, 0.2) is 0 Å². The Labute approximate surface area is 176 Å². The standard InChI is InChI=1S/C25H28O5/c1-12(2)11-18(26)25-15(5)16-10-9-14(4)19(16)22(29-25)21-23(30-25)20-13(3)7-6-8-17(20)28-24(21)27/h6-8,12,14,19,22H,9-11H2,1-5H3/t14-,19+,22+,25?/m0/s1. The molecule has 2 aromatic rings. The predicted octanol–water partition coefficient (Wildman–Crippen LogP) is 5.24. The number of ketones is 1. The second kappa shape index (κ2) is 6.55. The normalized spacial score (nSPS) is 29.7. The van der Waals surface area contributed by atoms with Crippen molar-refractivity contribution in [2.45, 2.75) is 65.8 Å². The van der Waals surface area contributed by atoms with E-state index in [1.165, 1.54) is 5.57 Å². The average Bonchev–Trinajstić information content (AvgIpc) is 3.07. The summed E-state index contributed by atoms with van der Waals surface area (Å²) >= 11 is 0. The Kier molecular flexibility index (Phi) is 4.27. The van der Waals surface area contributed by atoms with E-state index in [2.05, 4.69) is 6.92 Å². The van der Waals surface area contributed by atoms with Crippen LogP contribution in [0.15, 0.2) is 38.6 Å². The summed E-state index contributed by atoms with van der Waals surface area (Å²) in [6.45, 7) is 10.2. The van der Waals surface area contributed by atoms with Crippen molar-refractivity contribution in [2.75, 3.05) is 0 Å². The zero-order valence-electron chi connectivity index (χ0n) is 18.2. The molecule has 0 saturated heterocycles. The Balaban J connectivity index is 1.83. The molecule has 30 heavy (non-hydrogen) atoms. The number of Topliss-reactive ketones (excluding diaryl/α,β-unsaturated/α-hetero) is 1. The number of hydrogen-bond acceptors (Lipinski definition) is 5. The minimum Gasteiger partial charge on any atom is -0.450 e. The first-order valence-electron chi connectivity index (χ1n) is 10.9. The van der Waals surface area contributed by atoms with E-state index in [-0.39, 0.29) is 17.6 Å². The van der Waals surface area contributed by atoms with Gasteiger partial charge >= 0.3 is 5.63 Å². The second-order valence-electron chi connectivity index (χ2n) is 9.55. The summed E-state index contributed by atoms with van der Waals surface area (Å²) in [7, 11) is 0. The fourth-order valence-corrected chi connectivity index (χ4v) is 5.61. The van der Waals surface area contributed by atoms with Gasteiger partial charge in [0, 0.05) is 17.9 Å². The molecule has 158 valence electrons. The molecule has 4 atom stereocenters. The Hall–Kier alpha value is -2.40. The van der Waals surface area contributed by atoms with Gasteiger partial charge in [-0.25, -0.2) is 4.79 Å². The van der Waals surface area contributed by atoms with Crippen molar-refractivity contribution < 1.29 is 18.7 Å². The number of carbonyl (C=O) groups excluding carboxylic acids is 1. The maximum atomic E-state index is 13.6. The van der Waals surface area contributed by atoms with Crippen molar-refractivity contribution in [1.29, 1.82) is 0 Å². The molecule has 1 aromatic carbocycles. The van der Waals surface area contributed by atoms with Gasteiger partial charge < -0.3 is 13.9 Å². The van der Waals surface area contributed by atoms with Crippen molar-refractivity contribution in [3.8, 4) is 5.75 Å². The first-order valence-corrected chi connectivity index (χ1v) is 10.9. The van der Waals surface area contributed by atoms with Gasteiger partial charge in [-0.05, 0) is 50.2 Å². The molecule has 5 rings (SSSR count). The van der Waals surface area contributed by atoms with E-state index in [1.807, 2.05) is 39.8 Å². The van der Waals surface area contributed by atoms with E-state index in [0.717, 1.165) is 29.4 Å². The van der Waals surface area contributed by atoms with Gasteiger partial charge in [0.2, 0.25) is 5.78 Å². The molecule has 0 radical (unpaired) electrons. The number of ether oxygens (including phenoxy) is 2. The third-order valence-electron chi connectivity index (χ3n) is 7.10. The molecule has 1 aliphatic carbocycles. The monoisotopic (exact) mass is 408 g/mol. The van der Waals surface area contributed by atoms with Crippen LogP contribution in [0.3, 0.4) is 0 Å². The first kappa shape index (κ1) is 19.6. The third kappa shape index (κ3) is 2.51. The smallest absolute Gasteiger partial charge is 0.345 e. The van der Waals surface area contributed by atoms with Crippen LogP contribution in [0.4, 0.5) is 0 Å². The van der Waals surface area contributed by atoms with E-state index >= 15 is 0 Å². The molecule has 0 amide bonds. The molecule has 1 aromatic heterocycles. The maximum absolute atomic E-state index is 13.6. The number of carbonyl (C=O) groups is 1. The third-order valence-corrected chi connectivity index (χ3v) is 7.10. The highest BCUT2D eigenvalue weighted by Gasteiger charge is 2.59.